The molecule has 1 heterocycles. The predicted octanol–water partition coefficient (Wildman–Crippen LogP) is 1.72. The Hall–Kier alpha value is -0.530. The number of nitrogens with two attached hydrogens (primary N) is 1. The van der Waals surface area contributed by atoms with Crippen molar-refractivity contribution in [3.8, 4) is 0 Å². The number of hydrogen-bond acceptors (Lipinski definition) is 4. The van der Waals surface area contributed by atoms with Crippen LogP contribution in [0.2, 0.25) is 10.0 Å². The number of aliphatic hydroxyl groups excluding tert-OH is 1. The van der Waals surface area contributed by atoms with Crippen molar-refractivity contribution in [3.05, 3.63) is 22.2 Å². The molecular weight excluding hydrogens is 311 g/mol. The van der Waals surface area contributed by atoms with Gasteiger partial charge in [-0.3, -0.25) is 0 Å². The minimum Gasteiger partial charge on any atom is -0.396 e. The summed E-state index contributed by atoms with van der Waals surface area (Å²) in [4.78, 5) is -0.00273. The highest BCUT2D eigenvalue weighted by Gasteiger charge is 2.35. The van der Waals surface area contributed by atoms with Gasteiger partial charge in [-0.1, -0.05) is 23.2 Å². The van der Waals surface area contributed by atoms with Crippen LogP contribution >= 0.6 is 23.2 Å². The third-order valence-electron chi connectivity index (χ3n) is 3.19. The molecule has 0 unspecified atom stereocenters. The van der Waals surface area contributed by atoms with Crippen LogP contribution in [0.4, 0.5) is 5.69 Å². The van der Waals surface area contributed by atoms with E-state index in [-0.39, 0.29) is 33.3 Å². The normalized spacial score (nSPS) is 20.9. The Morgan fingerprint density at radius 2 is 1.95 bits per heavy atom. The van der Waals surface area contributed by atoms with Gasteiger partial charge in [0.1, 0.15) is 0 Å². The Balaban J connectivity index is 2.45. The zero-order chi connectivity index (χ0) is 14.2. The van der Waals surface area contributed by atoms with Crippen molar-refractivity contribution in [3.63, 3.8) is 0 Å². The van der Waals surface area contributed by atoms with E-state index in [1.165, 1.54) is 16.4 Å². The molecule has 8 heteroatoms. The molecule has 1 aliphatic heterocycles. The summed E-state index contributed by atoms with van der Waals surface area (Å²) in [6.45, 7) is 0.183. The van der Waals surface area contributed by atoms with Gasteiger partial charge < -0.3 is 10.8 Å². The first-order chi connectivity index (χ1) is 8.87. The molecule has 3 N–H and O–H groups in total. The SMILES string of the molecule is Nc1c(Cl)cc(S(=O)(=O)N2CCC[C@H]2CO)cc1Cl. The van der Waals surface area contributed by atoms with E-state index in [1.807, 2.05) is 0 Å². The molecule has 1 saturated heterocycles. The molecule has 0 aromatic heterocycles. The fourth-order valence-corrected chi connectivity index (χ4v) is 4.51. The Labute approximate surface area is 122 Å². The maximum Gasteiger partial charge on any atom is 0.243 e. The largest absolute Gasteiger partial charge is 0.396 e. The topological polar surface area (TPSA) is 83.6 Å². The average molecular weight is 325 g/mol. The minimum absolute atomic E-state index is 0.00273. The number of rotatable bonds is 3. The molecule has 0 bridgehead atoms. The first-order valence-corrected chi connectivity index (χ1v) is 7.94. The molecule has 1 aromatic rings. The molecule has 0 aliphatic carbocycles. The van der Waals surface area contributed by atoms with E-state index >= 15 is 0 Å². The van der Waals surface area contributed by atoms with Crippen molar-refractivity contribution in [1.29, 1.82) is 0 Å². The lowest BCUT2D eigenvalue weighted by molar-refractivity contribution is 0.213. The lowest BCUT2D eigenvalue weighted by Gasteiger charge is -2.22. The number of benzene rings is 1. The molecule has 1 atom stereocenters. The van der Waals surface area contributed by atoms with Crippen LogP contribution in [0.25, 0.3) is 0 Å². The molecule has 106 valence electrons. The number of hydrogen-bond donors (Lipinski definition) is 2. The van der Waals surface area contributed by atoms with E-state index in [0.717, 1.165) is 6.42 Å². The van der Waals surface area contributed by atoms with Gasteiger partial charge in [0.05, 0.1) is 27.2 Å². The first kappa shape index (κ1) is 14.9. The van der Waals surface area contributed by atoms with Crippen molar-refractivity contribution >= 4 is 38.9 Å². The summed E-state index contributed by atoms with van der Waals surface area (Å²) in [5.41, 5.74) is 5.74. The highest BCUT2D eigenvalue weighted by atomic mass is 35.5. The molecule has 2 rings (SSSR count). The molecule has 1 aliphatic rings. The number of sulfonamides is 1. The summed E-state index contributed by atoms with van der Waals surface area (Å²) >= 11 is 11.7. The molecule has 1 fully saturated rings. The Bertz CT molecular complexity index is 569. The maximum atomic E-state index is 12.5. The van der Waals surface area contributed by atoms with Crippen LogP contribution < -0.4 is 5.73 Å². The summed E-state index contributed by atoms with van der Waals surface area (Å²) in [5, 5.41) is 9.43. The summed E-state index contributed by atoms with van der Waals surface area (Å²) in [6, 6.07) is 2.18. The van der Waals surface area contributed by atoms with Crippen LogP contribution in [-0.2, 0) is 10.0 Å². The average Bonchev–Trinajstić information content (AvgIpc) is 2.84. The fourth-order valence-electron chi connectivity index (χ4n) is 2.15. The summed E-state index contributed by atoms with van der Waals surface area (Å²) in [6.07, 6.45) is 1.37. The Kier molecular flexibility index (Phi) is 4.27. The third-order valence-corrected chi connectivity index (χ3v) is 5.75. The van der Waals surface area contributed by atoms with Crippen molar-refractivity contribution in [2.75, 3.05) is 18.9 Å². The summed E-state index contributed by atoms with van der Waals surface area (Å²) in [7, 11) is -3.71. The number of aliphatic hydroxyl groups is 1. The smallest absolute Gasteiger partial charge is 0.243 e. The fraction of sp³-hybridized carbons (Fsp3) is 0.455. The van der Waals surface area contributed by atoms with E-state index in [9.17, 15) is 13.5 Å². The molecule has 5 nitrogen and oxygen atoms in total. The lowest BCUT2D eigenvalue weighted by atomic mass is 10.2. The van der Waals surface area contributed by atoms with E-state index in [1.54, 1.807) is 0 Å². The number of nitrogen functional groups attached to an aromatic ring is 1. The minimum atomic E-state index is -3.71. The second kappa shape index (κ2) is 5.46. The van der Waals surface area contributed by atoms with Crippen LogP contribution in [0.15, 0.2) is 17.0 Å². The summed E-state index contributed by atoms with van der Waals surface area (Å²) in [5.74, 6) is 0. The second-order valence-corrected chi connectivity index (χ2v) is 7.10. The van der Waals surface area contributed by atoms with Crippen molar-refractivity contribution in [2.24, 2.45) is 0 Å². The van der Waals surface area contributed by atoms with Crippen LogP contribution in [0.3, 0.4) is 0 Å². The van der Waals surface area contributed by atoms with Gasteiger partial charge in [0.2, 0.25) is 10.0 Å². The highest BCUT2D eigenvalue weighted by molar-refractivity contribution is 7.89. The number of anilines is 1. The van der Waals surface area contributed by atoms with Crippen molar-refractivity contribution in [1.82, 2.24) is 4.31 Å². The second-order valence-electron chi connectivity index (χ2n) is 4.39. The lowest BCUT2D eigenvalue weighted by Crippen LogP contribution is -2.37. The van der Waals surface area contributed by atoms with Crippen LogP contribution in [-0.4, -0.2) is 37.0 Å². The van der Waals surface area contributed by atoms with Crippen molar-refractivity contribution < 1.29 is 13.5 Å². The number of nitrogens with zero attached hydrogens (tertiary/aromatic N) is 1. The van der Waals surface area contributed by atoms with E-state index in [2.05, 4.69) is 0 Å². The predicted molar refractivity (Wildman–Crippen MR) is 74.9 cm³/mol. The van der Waals surface area contributed by atoms with Crippen LogP contribution in [0, 0.1) is 0 Å². The van der Waals surface area contributed by atoms with E-state index in [4.69, 9.17) is 28.9 Å². The first-order valence-electron chi connectivity index (χ1n) is 5.75. The van der Waals surface area contributed by atoms with Crippen molar-refractivity contribution in [2.45, 2.75) is 23.8 Å². The van der Waals surface area contributed by atoms with Gasteiger partial charge in [-0.05, 0) is 25.0 Å². The monoisotopic (exact) mass is 324 g/mol. The molecule has 0 spiro atoms. The molecule has 19 heavy (non-hydrogen) atoms. The van der Waals surface area contributed by atoms with Gasteiger partial charge >= 0.3 is 0 Å². The highest BCUT2D eigenvalue weighted by Crippen LogP contribution is 2.33. The van der Waals surface area contributed by atoms with Gasteiger partial charge in [0.25, 0.3) is 0 Å². The standard InChI is InChI=1S/C11H14Cl2N2O3S/c12-9-4-8(5-10(13)11(9)14)19(17,18)15-3-1-2-7(15)6-16/h4-5,7,16H,1-3,6,14H2/t7-/m0/s1. The number of halogens is 2. The van der Waals surface area contributed by atoms with Gasteiger partial charge in [0.15, 0.2) is 0 Å². The van der Waals surface area contributed by atoms with Gasteiger partial charge in [-0.15, -0.1) is 0 Å². The van der Waals surface area contributed by atoms with E-state index in [0.29, 0.717) is 13.0 Å². The zero-order valence-corrected chi connectivity index (χ0v) is 12.3. The quantitative estimate of drug-likeness (QED) is 0.829. The molecule has 0 radical (unpaired) electrons. The molecule has 1 aromatic carbocycles. The zero-order valence-electron chi connectivity index (χ0n) is 10.0. The molecular formula is C11H14Cl2N2O3S. The molecule has 0 saturated carbocycles. The van der Waals surface area contributed by atoms with Gasteiger partial charge in [-0.25, -0.2) is 8.42 Å². The van der Waals surface area contributed by atoms with Gasteiger partial charge in [0, 0.05) is 12.6 Å². The third kappa shape index (κ3) is 2.68. The van der Waals surface area contributed by atoms with E-state index < -0.39 is 10.0 Å². The Morgan fingerprint density at radius 1 is 1.37 bits per heavy atom. The Morgan fingerprint density at radius 3 is 2.47 bits per heavy atom. The maximum absolute atomic E-state index is 12.5. The van der Waals surface area contributed by atoms with Gasteiger partial charge in [-0.2, -0.15) is 4.31 Å². The summed E-state index contributed by atoms with van der Waals surface area (Å²) < 4.78 is 26.2. The van der Waals surface area contributed by atoms with Crippen LogP contribution in [0.1, 0.15) is 12.8 Å². The van der Waals surface area contributed by atoms with Crippen LogP contribution in [0.5, 0.6) is 0 Å². The molecule has 0 amide bonds.